The number of hydrogen-bond acceptors (Lipinski definition) is 3. The lowest BCUT2D eigenvalue weighted by Crippen LogP contribution is -2.47. The quantitative estimate of drug-likeness (QED) is 0.591. The fourth-order valence-corrected chi connectivity index (χ4v) is 3.87. The van der Waals surface area contributed by atoms with Gasteiger partial charge in [0, 0.05) is 5.92 Å². The van der Waals surface area contributed by atoms with Crippen LogP contribution in [0, 0.1) is 5.92 Å². The summed E-state index contributed by atoms with van der Waals surface area (Å²) < 4.78 is 5.94. The van der Waals surface area contributed by atoms with Crippen LogP contribution in [0.5, 0.6) is 0 Å². The van der Waals surface area contributed by atoms with Gasteiger partial charge in [-0.25, -0.2) is 0 Å². The van der Waals surface area contributed by atoms with Gasteiger partial charge in [0.05, 0.1) is 6.42 Å². The molecule has 130 valence electrons. The fourth-order valence-electron chi connectivity index (χ4n) is 3.87. The maximum atomic E-state index is 13.0. The lowest BCUT2D eigenvalue weighted by Gasteiger charge is -2.40. The lowest BCUT2D eigenvalue weighted by atomic mass is 9.74. The summed E-state index contributed by atoms with van der Waals surface area (Å²) in [5.41, 5.74) is 1.08. The van der Waals surface area contributed by atoms with E-state index in [0.717, 1.165) is 17.5 Å². The maximum Gasteiger partial charge on any atom is 0.318 e. The Kier molecular flexibility index (Phi) is 5.03. The second-order valence-electron chi connectivity index (χ2n) is 6.68. The Morgan fingerprint density at radius 3 is 2.12 bits per heavy atom. The Bertz CT molecular complexity index is 718. The third-order valence-electron chi connectivity index (χ3n) is 5.30. The van der Waals surface area contributed by atoms with Crippen molar-refractivity contribution in [1.82, 2.24) is 0 Å². The molecule has 1 saturated heterocycles. The number of ketones is 1. The molecule has 0 radical (unpaired) electrons. The van der Waals surface area contributed by atoms with Crippen LogP contribution in [0.1, 0.15) is 50.2 Å². The smallest absolute Gasteiger partial charge is 0.318 e. The average Bonchev–Trinajstić information content (AvgIpc) is 2.66. The van der Waals surface area contributed by atoms with E-state index < -0.39 is 17.5 Å². The van der Waals surface area contributed by atoms with E-state index in [9.17, 15) is 9.59 Å². The molecule has 2 aromatic carbocycles. The fraction of sp³-hybridized carbons (Fsp3) is 0.364. The SMILES string of the molecule is CCC(c1ccccc1)[C@@H]1C(=O)CC(CC)(c2ccccc2)OC1=O. The van der Waals surface area contributed by atoms with Crippen molar-refractivity contribution in [2.75, 3.05) is 0 Å². The summed E-state index contributed by atoms with van der Waals surface area (Å²) in [4.78, 5) is 25.9. The second kappa shape index (κ2) is 7.22. The standard InChI is InChI=1S/C22H24O3/c1-3-18(16-11-7-5-8-12-16)20-19(23)15-22(4-2,25-21(20)24)17-13-9-6-10-14-17/h5-14,18,20H,3-4,15H2,1-2H3/t18?,20-,22?/m1/s1. The summed E-state index contributed by atoms with van der Waals surface area (Å²) >= 11 is 0. The number of ether oxygens (including phenoxy) is 1. The molecule has 1 fully saturated rings. The second-order valence-corrected chi connectivity index (χ2v) is 6.68. The van der Waals surface area contributed by atoms with E-state index in [0.29, 0.717) is 6.42 Å². The van der Waals surface area contributed by atoms with Crippen LogP contribution in [0.4, 0.5) is 0 Å². The summed E-state index contributed by atoms with van der Waals surface area (Å²) in [5.74, 6) is -1.25. The first-order valence-electron chi connectivity index (χ1n) is 8.97. The highest BCUT2D eigenvalue weighted by Gasteiger charge is 2.49. The van der Waals surface area contributed by atoms with Crippen LogP contribution in [0.15, 0.2) is 60.7 Å². The topological polar surface area (TPSA) is 43.4 Å². The lowest BCUT2D eigenvalue weighted by molar-refractivity contribution is -0.181. The first-order chi connectivity index (χ1) is 12.1. The van der Waals surface area contributed by atoms with Gasteiger partial charge < -0.3 is 4.74 Å². The number of cyclic esters (lactones) is 1. The molecule has 0 spiro atoms. The van der Waals surface area contributed by atoms with Gasteiger partial charge in [0.15, 0.2) is 5.78 Å². The zero-order valence-electron chi connectivity index (χ0n) is 14.8. The minimum absolute atomic E-state index is 0.0161. The molecular weight excluding hydrogens is 312 g/mol. The van der Waals surface area contributed by atoms with Crippen molar-refractivity contribution in [3.05, 3.63) is 71.8 Å². The highest BCUT2D eigenvalue weighted by atomic mass is 16.6. The van der Waals surface area contributed by atoms with Crippen LogP contribution in [-0.4, -0.2) is 11.8 Å². The van der Waals surface area contributed by atoms with Crippen LogP contribution < -0.4 is 0 Å². The Hall–Kier alpha value is -2.42. The number of benzene rings is 2. The van der Waals surface area contributed by atoms with Gasteiger partial charge in [-0.2, -0.15) is 0 Å². The predicted molar refractivity (Wildman–Crippen MR) is 97.1 cm³/mol. The molecule has 0 aliphatic carbocycles. The van der Waals surface area contributed by atoms with E-state index in [1.807, 2.05) is 74.5 Å². The van der Waals surface area contributed by atoms with Gasteiger partial charge in [-0.05, 0) is 24.0 Å². The van der Waals surface area contributed by atoms with Crippen molar-refractivity contribution in [3.63, 3.8) is 0 Å². The molecule has 0 bridgehead atoms. The van der Waals surface area contributed by atoms with Gasteiger partial charge in [0.2, 0.25) is 0 Å². The van der Waals surface area contributed by atoms with Gasteiger partial charge in [-0.1, -0.05) is 74.5 Å². The van der Waals surface area contributed by atoms with Crippen LogP contribution >= 0.6 is 0 Å². The molecule has 0 aromatic heterocycles. The number of carbonyl (C=O) groups excluding carboxylic acids is 2. The number of hydrogen-bond donors (Lipinski definition) is 0. The number of rotatable bonds is 5. The Morgan fingerprint density at radius 1 is 1.00 bits per heavy atom. The zero-order chi connectivity index (χ0) is 17.9. The molecule has 0 amide bonds. The van der Waals surface area contributed by atoms with E-state index in [2.05, 4.69) is 0 Å². The molecule has 3 heteroatoms. The average molecular weight is 336 g/mol. The predicted octanol–water partition coefficient (Wildman–Crippen LogP) is 4.62. The van der Waals surface area contributed by atoms with Crippen LogP contribution in [0.3, 0.4) is 0 Å². The van der Waals surface area contributed by atoms with Crippen molar-refractivity contribution in [3.8, 4) is 0 Å². The van der Waals surface area contributed by atoms with Crippen molar-refractivity contribution < 1.29 is 14.3 Å². The molecule has 3 atom stereocenters. The molecule has 3 nitrogen and oxygen atoms in total. The molecule has 2 unspecified atom stereocenters. The van der Waals surface area contributed by atoms with Crippen molar-refractivity contribution in [2.24, 2.45) is 5.92 Å². The highest BCUT2D eigenvalue weighted by molar-refractivity contribution is 6.02. The number of carbonyl (C=O) groups is 2. The molecule has 1 heterocycles. The Labute approximate surface area is 149 Å². The Morgan fingerprint density at radius 2 is 1.60 bits per heavy atom. The van der Waals surface area contributed by atoms with E-state index >= 15 is 0 Å². The molecular formula is C22H24O3. The third-order valence-corrected chi connectivity index (χ3v) is 5.30. The monoisotopic (exact) mass is 336 g/mol. The molecule has 0 N–H and O–H groups in total. The van der Waals surface area contributed by atoms with Crippen molar-refractivity contribution in [2.45, 2.75) is 44.6 Å². The zero-order valence-corrected chi connectivity index (χ0v) is 14.8. The molecule has 1 aliphatic rings. The maximum absolute atomic E-state index is 13.0. The van der Waals surface area contributed by atoms with Gasteiger partial charge >= 0.3 is 5.97 Å². The summed E-state index contributed by atoms with van der Waals surface area (Å²) in [6, 6.07) is 19.4. The molecule has 0 saturated carbocycles. The van der Waals surface area contributed by atoms with Crippen molar-refractivity contribution in [1.29, 1.82) is 0 Å². The minimum Gasteiger partial charge on any atom is -0.453 e. The first kappa shape index (κ1) is 17.4. The van der Waals surface area contributed by atoms with Crippen molar-refractivity contribution >= 4 is 11.8 Å². The molecule has 1 aliphatic heterocycles. The summed E-state index contributed by atoms with van der Waals surface area (Å²) in [5, 5.41) is 0. The number of esters is 1. The largest absolute Gasteiger partial charge is 0.453 e. The van der Waals surface area contributed by atoms with Gasteiger partial charge in [0.1, 0.15) is 11.5 Å². The van der Waals surface area contributed by atoms with Gasteiger partial charge in [-0.3, -0.25) is 9.59 Å². The summed E-state index contributed by atoms with van der Waals surface area (Å²) in [6.45, 7) is 3.97. The Balaban J connectivity index is 1.92. The van der Waals surface area contributed by atoms with Gasteiger partial charge in [-0.15, -0.1) is 0 Å². The normalized spacial score (nSPS) is 24.6. The van der Waals surface area contributed by atoms with Crippen LogP contribution in [0.25, 0.3) is 0 Å². The molecule has 3 rings (SSSR count). The third kappa shape index (κ3) is 3.23. The summed E-state index contributed by atoms with van der Waals surface area (Å²) in [6.07, 6.45) is 1.55. The van der Waals surface area contributed by atoms with E-state index in [4.69, 9.17) is 4.74 Å². The minimum atomic E-state index is -0.832. The molecule has 2 aromatic rings. The van der Waals surface area contributed by atoms with E-state index in [1.54, 1.807) is 0 Å². The molecule has 25 heavy (non-hydrogen) atoms. The van der Waals surface area contributed by atoms with Crippen LogP contribution in [-0.2, 0) is 19.9 Å². The van der Waals surface area contributed by atoms with E-state index in [1.165, 1.54) is 0 Å². The van der Waals surface area contributed by atoms with Gasteiger partial charge in [0.25, 0.3) is 0 Å². The van der Waals surface area contributed by atoms with Crippen LogP contribution in [0.2, 0.25) is 0 Å². The summed E-state index contributed by atoms with van der Waals surface area (Å²) in [7, 11) is 0. The van der Waals surface area contributed by atoms with E-state index in [-0.39, 0.29) is 18.1 Å². The first-order valence-corrected chi connectivity index (χ1v) is 8.97. The number of Topliss-reactive ketones (excluding diaryl/α,β-unsaturated/α-hetero) is 1. The highest BCUT2D eigenvalue weighted by Crippen LogP contribution is 2.43.